The quantitative estimate of drug-likeness (QED) is 0.802. The van der Waals surface area contributed by atoms with Gasteiger partial charge in [0.2, 0.25) is 5.91 Å². The molecule has 17 heavy (non-hydrogen) atoms. The highest BCUT2D eigenvalue weighted by Crippen LogP contribution is 2.11. The Bertz CT molecular complexity index is 242. The van der Waals surface area contributed by atoms with Crippen LogP contribution in [0.4, 0.5) is 0 Å². The molecule has 2 aliphatic heterocycles. The van der Waals surface area contributed by atoms with Crippen molar-refractivity contribution in [3.05, 3.63) is 0 Å². The molecule has 2 heterocycles. The van der Waals surface area contributed by atoms with Crippen LogP contribution < -0.4 is 5.73 Å². The molecule has 2 saturated heterocycles. The largest absolute Gasteiger partial charge is 0.342 e. The van der Waals surface area contributed by atoms with Gasteiger partial charge in [0.25, 0.3) is 0 Å². The van der Waals surface area contributed by atoms with E-state index in [1.54, 1.807) is 0 Å². The molecule has 0 aromatic carbocycles. The fourth-order valence-corrected chi connectivity index (χ4v) is 2.62. The molecule has 2 rings (SSSR count). The lowest BCUT2D eigenvalue weighted by molar-refractivity contribution is -0.132. The van der Waals surface area contributed by atoms with Crippen molar-refractivity contribution in [2.75, 3.05) is 32.7 Å². The first kappa shape index (κ1) is 14.7. The van der Waals surface area contributed by atoms with Crippen molar-refractivity contribution in [1.82, 2.24) is 9.80 Å². The van der Waals surface area contributed by atoms with Crippen molar-refractivity contribution < 1.29 is 4.79 Å². The van der Waals surface area contributed by atoms with Gasteiger partial charge >= 0.3 is 0 Å². The summed E-state index contributed by atoms with van der Waals surface area (Å²) in [5, 5.41) is 0. The first-order chi connectivity index (χ1) is 7.75. The number of nitrogens with zero attached hydrogens (tertiary/aromatic N) is 2. The number of carbonyl (C=O) groups is 1. The van der Waals surface area contributed by atoms with Gasteiger partial charge in [-0.2, -0.15) is 0 Å². The molecule has 4 nitrogen and oxygen atoms in total. The lowest BCUT2D eigenvalue weighted by Crippen LogP contribution is -2.40. The van der Waals surface area contributed by atoms with E-state index in [0.717, 1.165) is 32.6 Å². The predicted molar refractivity (Wildman–Crippen MR) is 71.3 cm³/mol. The maximum absolute atomic E-state index is 12.1. The molecule has 0 saturated carbocycles. The van der Waals surface area contributed by atoms with Crippen LogP contribution in [0.5, 0.6) is 0 Å². The lowest BCUT2D eigenvalue weighted by atomic mass is 10.2. The van der Waals surface area contributed by atoms with Gasteiger partial charge in [0.15, 0.2) is 0 Å². The standard InChI is InChI=1S/C12H23N3O.ClH/c13-11-5-8-14(9-11)10-12(16)15-6-3-1-2-4-7-15;/h11H,1-10,13H2;1H/t11-;/m1./s1. The van der Waals surface area contributed by atoms with Gasteiger partial charge in [-0.05, 0) is 19.3 Å². The summed E-state index contributed by atoms with van der Waals surface area (Å²) in [6, 6.07) is 0.275. The molecular weight excluding hydrogens is 238 g/mol. The zero-order valence-electron chi connectivity index (χ0n) is 10.4. The van der Waals surface area contributed by atoms with Crippen LogP contribution in [0.25, 0.3) is 0 Å². The van der Waals surface area contributed by atoms with Gasteiger partial charge in [-0.15, -0.1) is 12.4 Å². The van der Waals surface area contributed by atoms with Crippen LogP contribution in [0.15, 0.2) is 0 Å². The smallest absolute Gasteiger partial charge is 0.236 e. The Hall–Kier alpha value is -0.320. The molecule has 0 aliphatic carbocycles. The topological polar surface area (TPSA) is 49.6 Å². The van der Waals surface area contributed by atoms with Crippen molar-refractivity contribution in [3.8, 4) is 0 Å². The fourth-order valence-electron chi connectivity index (χ4n) is 2.62. The average molecular weight is 262 g/mol. The van der Waals surface area contributed by atoms with Gasteiger partial charge in [0, 0.05) is 32.2 Å². The molecule has 0 aromatic rings. The molecule has 1 atom stereocenters. The Morgan fingerprint density at radius 2 is 1.76 bits per heavy atom. The van der Waals surface area contributed by atoms with Gasteiger partial charge in [-0.3, -0.25) is 9.69 Å². The zero-order chi connectivity index (χ0) is 11.4. The maximum Gasteiger partial charge on any atom is 0.236 e. The van der Waals surface area contributed by atoms with Crippen molar-refractivity contribution in [2.24, 2.45) is 5.73 Å². The fraction of sp³-hybridized carbons (Fsp3) is 0.917. The molecule has 5 heteroatoms. The van der Waals surface area contributed by atoms with Crippen LogP contribution in [0, 0.1) is 0 Å². The number of amides is 1. The summed E-state index contributed by atoms with van der Waals surface area (Å²) in [7, 11) is 0. The third kappa shape index (κ3) is 4.45. The highest BCUT2D eigenvalue weighted by Gasteiger charge is 2.23. The van der Waals surface area contributed by atoms with Crippen molar-refractivity contribution in [1.29, 1.82) is 0 Å². The normalized spacial score (nSPS) is 26.4. The Kier molecular flexibility index (Phi) is 6.23. The first-order valence-corrected chi connectivity index (χ1v) is 6.51. The number of rotatable bonds is 2. The second-order valence-electron chi connectivity index (χ2n) is 5.08. The Morgan fingerprint density at radius 3 is 2.29 bits per heavy atom. The highest BCUT2D eigenvalue weighted by atomic mass is 35.5. The number of hydrogen-bond acceptors (Lipinski definition) is 3. The van der Waals surface area contributed by atoms with E-state index >= 15 is 0 Å². The van der Waals surface area contributed by atoms with Crippen LogP contribution in [-0.4, -0.2) is 54.5 Å². The molecule has 0 spiro atoms. The number of likely N-dealkylation sites (tertiary alicyclic amines) is 2. The van der Waals surface area contributed by atoms with Crippen LogP contribution in [0.1, 0.15) is 32.1 Å². The van der Waals surface area contributed by atoms with Crippen molar-refractivity contribution >= 4 is 18.3 Å². The summed E-state index contributed by atoms with van der Waals surface area (Å²) in [5.41, 5.74) is 5.84. The number of hydrogen-bond donors (Lipinski definition) is 1. The van der Waals surface area contributed by atoms with Crippen molar-refractivity contribution in [3.63, 3.8) is 0 Å². The second kappa shape index (κ2) is 7.19. The minimum Gasteiger partial charge on any atom is -0.342 e. The van der Waals surface area contributed by atoms with E-state index < -0.39 is 0 Å². The minimum absolute atomic E-state index is 0. The summed E-state index contributed by atoms with van der Waals surface area (Å²) < 4.78 is 0. The van der Waals surface area contributed by atoms with E-state index in [-0.39, 0.29) is 18.4 Å². The summed E-state index contributed by atoms with van der Waals surface area (Å²) in [6.07, 6.45) is 5.93. The Labute approximate surface area is 110 Å². The van der Waals surface area contributed by atoms with E-state index in [0.29, 0.717) is 12.5 Å². The van der Waals surface area contributed by atoms with Gasteiger partial charge < -0.3 is 10.6 Å². The third-order valence-corrected chi connectivity index (χ3v) is 3.63. The van der Waals surface area contributed by atoms with Gasteiger partial charge in [0.1, 0.15) is 0 Å². The molecule has 0 bridgehead atoms. The average Bonchev–Trinajstić information content (AvgIpc) is 2.56. The van der Waals surface area contributed by atoms with Crippen molar-refractivity contribution in [2.45, 2.75) is 38.1 Å². The zero-order valence-corrected chi connectivity index (χ0v) is 11.3. The highest BCUT2D eigenvalue weighted by molar-refractivity contribution is 5.85. The summed E-state index contributed by atoms with van der Waals surface area (Å²) in [4.78, 5) is 16.3. The van der Waals surface area contributed by atoms with E-state index in [9.17, 15) is 4.79 Å². The van der Waals surface area contributed by atoms with Crippen LogP contribution >= 0.6 is 12.4 Å². The number of carbonyl (C=O) groups excluding carboxylic acids is 1. The van der Waals surface area contributed by atoms with E-state index in [1.165, 1.54) is 25.7 Å². The molecule has 1 amide bonds. The van der Waals surface area contributed by atoms with Gasteiger partial charge in [-0.1, -0.05) is 12.8 Å². The Balaban J connectivity index is 0.00000144. The summed E-state index contributed by atoms with van der Waals surface area (Å²) >= 11 is 0. The predicted octanol–water partition coefficient (Wildman–Crippen LogP) is 0.844. The molecule has 2 aliphatic rings. The molecule has 2 fully saturated rings. The van der Waals surface area contributed by atoms with Crippen LogP contribution in [0.2, 0.25) is 0 Å². The second-order valence-corrected chi connectivity index (χ2v) is 5.08. The monoisotopic (exact) mass is 261 g/mol. The maximum atomic E-state index is 12.1. The first-order valence-electron chi connectivity index (χ1n) is 6.51. The third-order valence-electron chi connectivity index (χ3n) is 3.63. The molecule has 0 radical (unpaired) electrons. The minimum atomic E-state index is 0. The molecule has 0 aromatic heterocycles. The number of nitrogens with two attached hydrogens (primary N) is 1. The summed E-state index contributed by atoms with van der Waals surface area (Å²) in [5.74, 6) is 0.302. The van der Waals surface area contributed by atoms with Gasteiger partial charge in [-0.25, -0.2) is 0 Å². The van der Waals surface area contributed by atoms with Crippen LogP contribution in [0.3, 0.4) is 0 Å². The lowest BCUT2D eigenvalue weighted by Gasteiger charge is -2.23. The van der Waals surface area contributed by atoms with E-state index in [1.807, 2.05) is 4.90 Å². The summed E-state index contributed by atoms with van der Waals surface area (Å²) in [6.45, 7) is 4.37. The SMILES string of the molecule is Cl.N[C@@H]1CCN(CC(=O)N2CCCCCC2)C1. The molecule has 0 unspecified atom stereocenters. The molecular formula is C12H24ClN3O. The van der Waals surface area contributed by atoms with Gasteiger partial charge in [0.05, 0.1) is 6.54 Å². The Morgan fingerprint density at radius 1 is 1.12 bits per heavy atom. The van der Waals surface area contributed by atoms with E-state index in [4.69, 9.17) is 5.73 Å². The molecule has 100 valence electrons. The molecule has 2 N–H and O–H groups in total. The van der Waals surface area contributed by atoms with E-state index in [2.05, 4.69) is 4.90 Å². The van der Waals surface area contributed by atoms with Crippen LogP contribution in [-0.2, 0) is 4.79 Å². The number of halogens is 1.